The number of methoxy groups -OCH3 is 1. The summed E-state index contributed by atoms with van der Waals surface area (Å²) in [5.74, 6) is -0.270. The van der Waals surface area contributed by atoms with Crippen molar-refractivity contribution in [2.45, 2.75) is 26.3 Å². The third kappa shape index (κ3) is 4.68. The molecule has 0 saturated heterocycles. The Morgan fingerprint density at radius 3 is 2.69 bits per heavy atom. The van der Waals surface area contributed by atoms with Crippen LogP contribution in [0.4, 0.5) is 0 Å². The standard InChI is InChI=1S/C10H19NO2/c1-5-6-7-11-9(3)8(2)10(12)13-4/h5,8-9,11H,1,6-7H2,2-4H3. The molecule has 0 aliphatic rings. The minimum absolute atomic E-state index is 0.102. The maximum absolute atomic E-state index is 11.1. The van der Waals surface area contributed by atoms with Crippen molar-refractivity contribution >= 4 is 5.97 Å². The van der Waals surface area contributed by atoms with E-state index >= 15 is 0 Å². The molecule has 0 aromatic carbocycles. The highest BCUT2D eigenvalue weighted by Crippen LogP contribution is 2.04. The monoisotopic (exact) mass is 185 g/mol. The predicted molar refractivity (Wildman–Crippen MR) is 53.5 cm³/mol. The molecule has 0 bridgehead atoms. The van der Waals surface area contributed by atoms with Crippen molar-refractivity contribution in [3.8, 4) is 0 Å². The Kier molecular flexibility index (Phi) is 6.24. The lowest BCUT2D eigenvalue weighted by molar-refractivity contribution is -0.145. The summed E-state index contributed by atoms with van der Waals surface area (Å²) in [6.45, 7) is 8.31. The van der Waals surface area contributed by atoms with E-state index in [0.717, 1.165) is 13.0 Å². The maximum Gasteiger partial charge on any atom is 0.309 e. The number of carbonyl (C=O) groups is 1. The van der Waals surface area contributed by atoms with Crippen LogP contribution in [0.1, 0.15) is 20.3 Å². The highest BCUT2D eigenvalue weighted by molar-refractivity contribution is 5.72. The quantitative estimate of drug-likeness (QED) is 0.385. The Bertz CT molecular complexity index is 168. The summed E-state index contributed by atoms with van der Waals surface area (Å²) >= 11 is 0. The van der Waals surface area contributed by atoms with E-state index in [9.17, 15) is 4.79 Å². The van der Waals surface area contributed by atoms with Gasteiger partial charge in [0, 0.05) is 6.04 Å². The molecule has 0 radical (unpaired) electrons. The molecule has 1 N–H and O–H groups in total. The minimum atomic E-state index is -0.168. The Balaban J connectivity index is 3.74. The molecular weight excluding hydrogens is 166 g/mol. The van der Waals surface area contributed by atoms with Gasteiger partial charge in [0.1, 0.15) is 0 Å². The second-order valence-electron chi connectivity index (χ2n) is 3.13. The Morgan fingerprint density at radius 2 is 2.23 bits per heavy atom. The van der Waals surface area contributed by atoms with Gasteiger partial charge in [-0.15, -0.1) is 6.58 Å². The molecule has 0 aliphatic carbocycles. The van der Waals surface area contributed by atoms with E-state index in [0.29, 0.717) is 0 Å². The molecule has 0 fully saturated rings. The van der Waals surface area contributed by atoms with E-state index in [4.69, 9.17) is 0 Å². The van der Waals surface area contributed by atoms with Gasteiger partial charge in [-0.1, -0.05) is 13.0 Å². The Hall–Kier alpha value is -0.830. The van der Waals surface area contributed by atoms with Crippen molar-refractivity contribution in [1.29, 1.82) is 0 Å². The summed E-state index contributed by atoms with van der Waals surface area (Å²) in [5.41, 5.74) is 0. The van der Waals surface area contributed by atoms with Gasteiger partial charge in [0.2, 0.25) is 0 Å². The minimum Gasteiger partial charge on any atom is -0.469 e. The first kappa shape index (κ1) is 12.2. The molecule has 2 unspecified atom stereocenters. The summed E-state index contributed by atoms with van der Waals surface area (Å²) in [7, 11) is 1.41. The molecule has 0 aromatic rings. The Morgan fingerprint density at radius 1 is 1.62 bits per heavy atom. The third-order valence-corrected chi connectivity index (χ3v) is 2.14. The smallest absolute Gasteiger partial charge is 0.309 e. The summed E-state index contributed by atoms with van der Waals surface area (Å²) in [6.07, 6.45) is 2.76. The first-order chi connectivity index (χ1) is 6.13. The van der Waals surface area contributed by atoms with Crippen molar-refractivity contribution in [3.05, 3.63) is 12.7 Å². The van der Waals surface area contributed by atoms with Crippen molar-refractivity contribution in [2.24, 2.45) is 5.92 Å². The van der Waals surface area contributed by atoms with E-state index in [-0.39, 0.29) is 17.9 Å². The van der Waals surface area contributed by atoms with Gasteiger partial charge >= 0.3 is 5.97 Å². The van der Waals surface area contributed by atoms with Gasteiger partial charge in [-0.2, -0.15) is 0 Å². The summed E-state index contributed by atoms with van der Waals surface area (Å²) < 4.78 is 4.64. The highest BCUT2D eigenvalue weighted by Gasteiger charge is 2.19. The molecular formula is C10H19NO2. The summed E-state index contributed by atoms with van der Waals surface area (Å²) in [6, 6.07) is 0.146. The van der Waals surface area contributed by atoms with E-state index < -0.39 is 0 Å². The Labute approximate surface area is 80.2 Å². The molecule has 0 saturated carbocycles. The molecule has 0 spiro atoms. The lowest BCUT2D eigenvalue weighted by atomic mass is 10.0. The number of hydrogen-bond acceptors (Lipinski definition) is 3. The van der Waals surface area contributed by atoms with Gasteiger partial charge in [0.25, 0.3) is 0 Å². The van der Waals surface area contributed by atoms with Crippen molar-refractivity contribution in [2.75, 3.05) is 13.7 Å². The second-order valence-corrected chi connectivity index (χ2v) is 3.13. The van der Waals surface area contributed by atoms with E-state index in [1.807, 2.05) is 19.9 Å². The summed E-state index contributed by atoms with van der Waals surface area (Å²) in [4.78, 5) is 11.1. The first-order valence-electron chi connectivity index (χ1n) is 4.55. The zero-order chi connectivity index (χ0) is 10.3. The van der Waals surface area contributed by atoms with Crippen LogP contribution in [0.25, 0.3) is 0 Å². The zero-order valence-corrected chi connectivity index (χ0v) is 8.67. The topological polar surface area (TPSA) is 38.3 Å². The molecule has 0 heterocycles. The lowest BCUT2D eigenvalue weighted by Gasteiger charge is -2.18. The van der Waals surface area contributed by atoms with Gasteiger partial charge in [-0.25, -0.2) is 0 Å². The number of rotatable bonds is 6. The highest BCUT2D eigenvalue weighted by atomic mass is 16.5. The molecule has 13 heavy (non-hydrogen) atoms. The van der Waals surface area contributed by atoms with Gasteiger partial charge in [-0.05, 0) is 19.9 Å². The van der Waals surface area contributed by atoms with Gasteiger partial charge in [0.15, 0.2) is 0 Å². The average Bonchev–Trinajstić information content (AvgIpc) is 2.15. The normalized spacial score (nSPS) is 14.7. The molecule has 3 nitrogen and oxygen atoms in total. The molecule has 0 amide bonds. The van der Waals surface area contributed by atoms with Gasteiger partial charge in [-0.3, -0.25) is 4.79 Å². The lowest BCUT2D eigenvalue weighted by Crippen LogP contribution is -2.37. The molecule has 0 rings (SSSR count). The van der Waals surface area contributed by atoms with Crippen LogP contribution in [0.3, 0.4) is 0 Å². The van der Waals surface area contributed by atoms with Crippen LogP contribution in [-0.4, -0.2) is 25.7 Å². The van der Waals surface area contributed by atoms with Crippen LogP contribution in [0, 0.1) is 5.92 Å². The zero-order valence-electron chi connectivity index (χ0n) is 8.67. The van der Waals surface area contributed by atoms with Crippen LogP contribution in [0.2, 0.25) is 0 Å². The largest absolute Gasteiger partial charge is 0.469 e. The van der Waals surface area contributed by atoms with E-state index in [2.05, 4.69) is 16.6 Å². The number of hydrogen-bond donors (Lipinski definition) is 1. The summed E-state index contributed by atoms with van der Waals surface area (Å²) in [5, 5.41) is 3.23. The van der Waals surface area contributed by atoms with Crippen LogP contribution >= 0.6 is 0 Å². The predicted octanol–water partition coefficient (Wildman–Crippen LogP) is 1.35. The average molecular weight is 185 g/mol. The van der Waals surface area contributed by atoms with Crippen molar-refractivity contribution < 1.29 is 9.53 Å². The van der Waals surface area contributed by atoms with Gasteiger partial charge < -0.3 is 10.1 Å². The molecule has 76 valence electrons. The number of nitrogens with one attached hydrogen (secondary N) is 1. The van der Waals surface area contributed by atoms with Crippen LogP contribution in [-0.2, 0) is 9.53 Å². The fourth-order valence-corrected chi connectivity index (χ4v) is 0.980. The number of ether oxygens (including phenoxy) is 1. The molecule has 0 aromatic heterocycles. The van der Waals surface area contributed by atoms with Crippen LogP contribution in [0.15, 0.2) is 12.7 Å². The number of carbonyl (C=O) groups excluding carboxylic acids is 1. The van der Waals surface area contributed by atoms with Crippen LogP contribution < -0.4 is 5.32 Å². The van der Waals surface area contributed by atoms with Crippen molar-refractivity contribution in [3.63, 3.8) is 0 Å². The third-order valence-electron chi connectivity index (χ3n) is 2.14. The van der Waals surface area contributed by atoms with Crippen LogP contribution in [0.5, 0.6) is 0 Å². The van der Waals surface area contributed by atoms with E-state index in [1.54, 1.807) is 0 Å². The SMILES string of the molecule is C=CCCNC(C)C(C)C(=O)OC. The fraction of sp³-hybridized carbons (Fsp3) is 0.700. The fourth-order valence-electron chi connectivity index (χ4n) is 0.980. The number of esters is 1. The van der Waals surface area contributed by atoms with Crippen molar-refractivity contribution in [1.82, 2.24) is 5.32 Å². The van der Waals surface area contributed by atoms with Gasteiger partial charge in [0.05, 0.1) is 13.0 Å². The molecule has 0 aliphatic heterocycles. The van der Waals surface area contributed by atoms with E-state index in [1.165, 1.54) is 7.11 Å². The second kappa shape index (κ2) is 6.66. The molecule has 3 heteroatoms. The molecule has 2 atom stereocenters. The first-order valence-corrected chi connectivity index (χ1v) is 4.55. The maximum atomic E-state index is 11.1.